The number of H-pyrrole nitrogens is 1. The van der Waals surface area contributed by atoms with Gasteiger partial charge < -0.3 is 19.7 Å². The molecular weight excluding hydrogens is 790 g/mol. The van der Waals surface area contributed by atoms with Gasteiger partial charge >= 0.3 is 17.8 Å². The molecule has 3 N–H and O–H groups in total. The van der Waals surface area contributed by atoms with E-state index in [2.05, 4.69) is 50.5 Å². The zero-order valence-electron chi connectivity index (χ0n) is 35.5. The molecule has 6 aromatic rings. The molecule has 62 heavy (non-hydrogen) atoms. The lowest BCUT2D eigenvalue weighted by Gasteiger charge is -2.47. The van der Waals surface area contributed by atoms with Crippen LogP contribution in [0.4, 0.5) is 20.6 Å². The van der Waals surface area contributed by atoms with Gasteiger partial charge in [0.15, 0.2) is 11.5 Å². The van der Waals surface area contributed by atoms with Crippen molar-refractivity contribution in [2.45, 2.75) is 71.0 Å². The van der Waals surface area contributed by atoms with Crippen molar-refractivity contribution < 1.29 is 23.3 Å². The Balaban J connectivity index is 0.788. The molecule has 0 radical (unpaired) electrons. The summed E-state index contributed by atoms with van der Waals surface area (Å²) in [5.74, 6) is 0.215. The number of carbonyl (C=O) groups is 3. The fraction of sp³-hybridized carbons (Fsp3) is 0.391. The molecule has 7 heterocycles. The third-order valence-electron chi connectivity index (χ3n) is 12.3. The van der Waals surface area contributed by atoms with Gasteiger partial charge in [0.1, 0.15) is 12.0 Å². The maximum atomic E-state index is 16.2. The van der Waals surface area contributed by atoms with E-state index in [4.69, 9.17) is 4.52 Å². The SMILES string of the molecule is Cc1cc(-c2ncnc3[nH]c(-c4ccc(C5(F)CN(CC6CCN(c7ccc(N8CCC(=O)NC8=O)cc7)CC6)C5)cn4)cc23)ccc1C(C)NC(=O)c1nc(C(C)(C)C)no1. The number of nitrogens with zero attached hydrogens (tertiary/aromatic N) is 8. The van der Waals surface area contributed by atoms with Gasteiger partial charge in [-0.15, -0.1) is 0 Å². The minimum absolute atomic E-state index is 0.0692. The highest BCUT2D eigenvalue weighted by Crippen LogP contribution is 2.39. The molecule has 0 aliphatic carbocycles. The van der Waals surface area contributed by atoms with Crippen molar-refractivity contribution in [2.75, 3.05) is 49.1 Å². The average Bonchev–Trinajstić information content (AvgIpc) is 3.93. The van der Waals surface area contributed by atoms with Crippen LogP contribution in [0, 0.1) is 12.8 Å². The lowest BCUT2D eigenvalue weighted by Crippen LogP contribution is -2.58. The highest BCUT2D eigenvalue weighted by atomic mass is 19.1. The molecule has 16 heteroatoms. The van der Waals surface area contributed by atoms with Crippen LogP contribution in [-0.4, -0.2) is 92.1 Å². The number of halogens is 1. The largest absolute Gasteiger partial charge is 0.372 e. The first-order valence-electron chi connectivity index (χ1n) is 21.1. The number of fused-ring (bicyclic) bond motifs is 1. The molecule has 15 nitrogen and oxygen atoms in total. The molecule has 1 atom stereocenters. The first-order valence-corrected chi connectivity index (χ1v) is 21.1. The number of alkyl halides is 1. The highest BCUT2D eigenvalue weighted by Gasteiger charge is 2.46. The normalized spacial score (nSPS) is 17.8. The molecule has 0 saturated carbocycles. The predicted octanol–water partition coefficient (Wildman–Crippen LogP) is 7.01. The van der Waals surface area contributed by atoms with Crippen LogP contribution in [0.25, 0.3) is 33.7 Å². The number of likely N-dealkylation sites (tertiary alicyclic amines) is 1. The number of aryl methyl sites for hydroxylation is 1. The zero-order valence-corrected chi connectivity index (χ0v) is 35.5. The number of hydrogen-bond donors (Lipinski definition) is 3. The van der Waals surface area contributed by atoms with Crippen LogP contribution in [0.1, 0.15) is 86.2 Å². The van der Waals surface area contributed by atoms with Crippen molar-refractivity contribution in [3.05, 3.63) is 102 Å². The second-order valence-corrected chi connectivity index (χ2v) is 17.9. The summed E-state index contributed by atoms with van der Waals surface area (Å²) in [6.45, 7) is 13.5. The van der Waals surface area contributed by atoms with Crippen molar-refractivity contribution in [3.63, 3.8) is 0 Å². The van der Waals surface area contributed by atoms with E-state index in [-0.39, 0.29) is 29.3 Å². The molecule has 9 rings (SSSR count). The van der Waals surface area contributed by atoms with E-state index in [0.717, 1.165) is 77.3 Å². The number of carbonyl (C=O) groups excluding carboxylic acids is 3. The summed E-state index contributed by atoms with van der Waals surface area (Å²) in [6.07, 6.45) is 5.51. The van der Waals surface area contributed by atoms with E-state index in [9.17, 15) is 14.4 Å². The van der Waals surface area contributed by atoms with E-state index in [1.54, 1.807) is 11.1 Å². The van der Waals surface area contributed by atoms with Gasteiger partial charge in [-0.3, -0.25) is 29.7 Å². The molecule has 3 aliphatic rings. The fourth-order valence-electron chi connectivity index (χ4n) is 8.76. The number of urea groups is 1. The standard InChI is InChI=1S/C46H50FN11O4/c1-27-20-30(6-12-34(27)28(2)51-41(60)42-54-43(55-62-42)45(3,4)5)39-35-21-37(52-40(35)50-26-49-39)36-13-7-31(22-48-36)46(47)24-56(25-46)23-29-14-17-57(18-15-29)32-8-10-33(11-9-32)58-19-16-38(59)53-44(58)61/h6-13,20-22,26,28-29H,14-19,23-25H2,1-5H3,(H,51,60)(H,49,50,52)(H,53,59,61). The number of pyridine rings is 1. The van der Waals surface area contributed by atoms with Crippen LogP contribution in [0.5, 0.6) is 0 Å². The number of imide groups is 1. The van der Waals surface area contributed by atoms with Crippen LogP contribution in [0.3, 0.4) is 0 Å². The monoisotopic (exact) mass is 839 g/mol. The molecule has 320 valence electrons. The maximum absolute atomic E-state index is 16.2. The van der Waals surface area contributed by atoms with Gasteiger partial charge in [-0.05, 0) is 86.2 Å². The smallest absolute Gasteiger partial charge is 0.328 e. The summed E-state index contributed by atoms with van der Waals surface area (Å²) in [5, 5.41) is 10.1. The van der Waals surface area contributed by atoms with Crippen LogP contribution < -0.4 is 20.4 Å². The Morgan fingerprint density at radius 3 is 2.42 bits per heavy atom. The Labute approximate surface area is 358 Å². The van der Waals surface area contributed by atoms with E-state index in [1.807, 2.05) is 95.3 Å². The second-order valence-electron chi connectivity index (χ2n) is 17.9. The minimum Gasteiger partial charge on any atom is -0.372 e. The predicted molar refractivity (Wildman–Crippen MR) is 232 cm³/mol. The van der Waals surface area contributed by atoms with Gasteiger partial charge in [-0.25, -0.2) is 19.2 Å². The Morgan fingerprint density at radius 1 is 0.984 bits per heavy atom. The molecule has 4 amide bonds. The Morgan fingerprint density at radius 2 is 1.74 bits per heavy atom. The number of amides is 4. The summed E-state index contributed by atoms with van der Waals surface area (Å²) >= 11 is 0. The van der Waals surface area contributed by atoms with Crippen LogP contribution in [0.15, 0.2) is 77.7 Å². The van der Waals surface area contributed by atoms with Gasteiger partial charge in [0.25, 0.3) is 0 Å². The lowest BCUT2D eigenvalue weighted by atomic mass is 9.86. The van der Waals surface area contributed by atoms with Crippen molar-refractivity contribution in [1.29, 1.82) is 0 Å². The number of anilines is 2. The number of benzene rings is 2. The lowest BCUT2D eigenvalue weighted by molar-refractivity contribution is -0.120. The number of hydrogen-bond acceptors (Lipinski definition) is 11. The molecule has 3 fully saturated rings. The fourth-order valence-corrected chi connectivity index (χ4v) is 8.76. The van der Waals surface area contributed by atoms with E-state index < -0.39 is 11.6 Å². The number of rotatable bonds is 10. The number of aromatic amines is 1. The third-order valence-corrected chi connectivity index (χ3v) is 12.3. The highest BCUT2D eigenvalue weighted by molar-refractivity contribution is 6.05. The minimum atomic E-state index is -1.45. The van der Waals surface area contributed by atoms with Gasteiger partial charge in [-0.2, -0.15) is 4.98 Å². The molecule has 0 bridgehead atoms. The number of aromatic nitrogens is 6. The van der Waals surface area contributed by atoms with E-state index >= 15 is 4.39 Å². The van der Waals surface area contributed by atoms with Gasteiger partial charge in [0.2, 0.25) is 5.91 Å². The third kappa shape index (κ3) is 8.13. The molecule has 0 spiro atoms. The first kappa shape index (κ1) is 40.8. The summed E-state index contributed by atoms with van der Waals surface area (Å²) < 4.78 is 21.4. The van der Waals surface area contributed by atoms with Crippen molar-refractivity contribution >= 4 is 40.3 Å². The summed E-state index contributed by atoms with van der Waals surface area (Å²) in [5.41, 5.74) is 6.34. The summed E-state index contributed by atoms with van der Waals surface area (Å²) in [4.78, 5) is 64.3. The van der Waals surface area contributed by atoms with Crippen molar-refractivity contribution in [3.8, 4) is 22.6 Å². The van der Waals surface area contributed by atoms with Gasteiger partial charge in [0, 0.05) is 85.2 Å². The van der Waals surface area contributed by atoms with Crippen LogP contribution >= 0.6 is 0 Å². The van der Waals surface area contributed by atoms with Crippen LogP contribution in [0.2, 0.25) is 0 Å². The topological polar surface area (TPSA) is 178 Å². The Bertz CT molecular complexity index is 2640. The van der Waals surface area contributed by atoms with E-state index in [1.165, 1.54) is 6.33 Å². The number of nitrogens with one attached hydrogen (secondary N) is 3. The van der Waals surface area contributed by atoms with E-state index in [0.29, 0.717) is 54.7 Å². The van der Waals surface area contributed by atoms with Crippen molar-refractivity contribution in [2.24, 2.45) is 5.92 Å². The van der Waals surface area contributed by atoms with Crippen molar-refractivity contribution in [1.82, 2.24) is 45.6 Å². The summed E-state index contributed by atoms with van der Waals surface area (Å²) in [7, 11) is 0. The van der Waals surface area contributed by atoms with Gasteiger partial charge in [0.05, 0.1) is 23.1 Å². The maximum Gasteiger partial charge on any atom is 0.328 e. The quantitative estimate of drug-likeness (QED) is 0.129. The second kappa shape index (κ2) is 16.0. The first-order chi connectivity index (χ1) is 29.7. The van der Waals surface area contributed by atoms with Crippen LogP contribution in [-0.2, 0) is 15.9 Å². The number of piperidine rings is 1. The molecule has 1 unspecified atom stereocenters. The Kier molecular flexibility index (Phi) is 10.6. The molecule has 3 aliphatic heterocycles. The Hall–Kier alpha value is -6.55. The molecule has 3 saturated heterocycles. The molecular formula is C46H50FN11O4. The molecule has 4 aromatic heterocycles. The molecule has 2 aromatic carbocycles. The van der Waals surface area contributed by atoms with Gasteiger partial charge in [-0.1, -0.05) is 44.1 Å². The average molecular weight is 840 g/mol. The zero-order chi connectivity index (χ0) is 43.3. The summed E-state index contributed by atoms with van der Waals surface area (Å²) in [6, 6.07) is 18.9.